The Labute approximate surface area is 236 Å². The topological polar surface area (TPSA) is 9.23 Å². The van der Waals surface area contributed by atoms with E-state index in [4.69, 9.17) is 11.2 Å². The van der Waals surface area contributed by atoms with Gasteiger partial charge in [-0.25, -0.2) is 0 Å². The van der Waals surface area contributed by atoms with Crippen LogP contribution in [0.25, 0.3) is 27.8 Å². The van der Waals surface area contributed by atoms with Crippen LogP contribution in [-0.2, 0) is 5.41 Å². The van der Waals surface area contributed by atoms with E-state index in [9.17, 15) is 0 Å². The second-order valence-corrected chi connectivity index (χ2v) is 10.4. The molecule has 0 saturated heterocycles. The lowest BCUT2D eigenvalue weighted by molar-refractivity contribution is 0.436. The van der Waals surface area contributed by atoms with E-state index < -0.39 is 5.41 Å². The van der Waals surface area contributed by atoms with Crippen LogP contribution < -0.4 is 4.74 Å². The van der Waals surface area contributed by atoms with E-state index in [1.54, 1.807) is 0 Å². The van der Waals surface area contributed by atoms with Crippen molar-refractivity contribution in [1.82, 2.24) is 0 Å². The van der Waals surface area contributed by atoms with E-state index in [1.807, 2.05) is 18.2 Å². The van der Waals surface area contributed by atoms with Crippen molar-refractivity contribution in [3.8, 4) is 46.1 Å². The molecule has 2 aliphatic rings. The number of fused-ring (bicyclic) bond motifs is 6. The summed E-state index contributed by atoms with van der Waals surface area (Å²) in [5.41, 5.74) is 12.4. The third-order valence-electron chi connectivity index (χ3n) is 8.32. The Morgan fingerprint density at radius 2 is 1.20 bits per heavy atom. The van der Waals surface area contributed by atoms with Crippen LogP contribution in [0.2, 0.25) is 0 Å². The third kappa shape index (κ3) is 3.36. The summed E-state index contributed by atoms with van der Waals surface area (Å²) >= 11 is 0. The van der Waals surface area contributed by atoms with Gasteiger partial charge >= 0.3 is 0 Å². The van der Waals surface area contributed by atoms with Gasteiger partial charge in [0, 0.05) is 11.1 Å². The zero-order valence-electron chi connectivity index (χ0n) is 22.6. The number of hydrogen-bond donors (Lipinski definition) is 0. The molecule has 1 aliphatic heterocycles. The van der Waals surface area contributed by atoms with Gasteiger partial charge in [-0.2, -0.15) is 0 Å². The van der Waals surface area contributed by atoms with Crippen molar-refractivity contribution in [2.45, 2.75) is 19.3 Å². The second kappa shape index (κ2) is 9.30. The first-order valence-electron chi connectivity index (χ1n) is 13.7. The van der Waals surface area contributed by atoms with Crippen LogP contribution in [0.3, 0.4) is 0 Å². The van der Waals surface area contributed by atoms with E-state index in [1.165, 1.54) is 39.0 Å². The SMILES string of the molecule is C#C/C=C1\C(=C/C)C2(c3ccccc3Oc3ccccc32)c2c1cccc2-c1ccc(-c2ccc(C)cc2)cc1. The molecular formula is C39H28O. The molecule has 5 aromatic carbocycles. The molecule has 0 bridgehead atoms. The van der Waals surface area contributed by atoms with E-state index in [-0.39, 0.29) is 0 Å². The number of aryl methyl sites for hydroxylation is 1. The predicted molar refractivity (Wildman–Crippen MR) is 165 cm³/mol. The highest BCUT2D eigenvalue weighted by molar-refractivity contribution is 6.00. The van der Waals surface area contributed by atoms with Gasteiger partial charge in [0.2, 0.25) is 0 Å². The molecule has 1 heterocycles. The van der Waals surface area contributed by atoms with Crippen molar-refractivity contribution >= 4 is 5.57 Å². The van der Waals surface area contributed by atoms with E-state index in [2.05, 4.69) is 129 Å². The van der Waals surface area contributed by atoms with Gasteiger partial charge in [0.25, 0.3) is 0 Å². The summed E-state index contributed by atoms with van der Waals surface area (Å²) < 4.78 is 6.50. The molecule has 1 spiro atoms. The lowest BCUT2D eigenvalue weighted by Crippen LogP contribution is -2.32. The maximum atomic E-state index is 6.50. The number of rotatable bonds is 2. The Morgan fingerprint density at radius 3 is 1.80 bits per heavy atom. The molecule has 40 heavy (non-hydrogen) atoms. The largest absolute Gasteiger partial charge is 0.457 e. The first-order valence-corrected chi connectivity index (χ1v) is 13.7. The molecule has 0 unspecified atom stereocenters. The molecule has 1 heteroatoms. The Morgan fingerprint density at radius 1 is 0.650 bits per heavy atom. The summed E-state index contributed by atoms with van der Waals surface area (Å²) in [7, 11) is 0. The average Bonchev–Trinajstić information content (AvgIpc) is 3.28. The monoisotopic (exact) mass is 512 g/mol. The summed E-state index contributed by atoms with van der Waals surface area (Å²) in [6.07, 6.45) is 10.1. The van der Waals surface area contributed by atoms with Gasteiger partial charge in [0.15, 0.2) is 0 Å². The molecule has 0 fully saturated rings. The summed E-state index contributed by atoms with van der Waals surface area (Å²) in [6.45, 7) is 4.23. The van der Waals surface area contributed by atoms with Crippen molar-refractivity contribution in [1.29, 1.82) is 0 Å². The summed E-state index contributed by atoms with van der Waals surface area (Å²) in [5.74, 6) is 4.59. The van der Waals surface area contributed by atoms with Crippen molar-refractivity contribution < 1.29 is 4.74 Å². The number of ether oxygens (including phenoxy) is 1. The minimum absolute atomic E-state index is 0.565. The maximum Gasteiger partial charge on any atom is 0.132 e. The molecule has 1 aliphatic carbocycles. The minimum atomic E-state index is -0.565. The maximum absolute atomic E-state index is 6.50. The Bertz CT molecular complexity index is 1830. The van der Waals surface area contributed by atoms with E-state index >= 15 is 0 Å². The van der Waals surface area contributed by atoms with Crippen LogP contribution >= 0.6 is 0 Å². The number of terminal acetylenes is 1. The van der Waals surface area contributed by atoms with Gasteiger partial charge in [-0.1, -0.05) is 121 Å². The zero-order chi connectivity index (χ0) is 27.3. The van der Waals surface area contributed by atoms with Gasteiger partial charge in [-0.3, -0.25) is 0 Å². The fourth-order valence-corrected chi connectivity index (χ4v) is 6.66. The molecule has 5 aromatic rings. The molecule has 1 nitrogen and oxygen atoms in total. The fraction of sp³-hybridized carbons (Fsp3) is 0.0769. The van der Waals surface area contributed by atoms with Crippen LogP contribution in [0.15, 0.2) is 133 Å². The number of allylic oxidation sites excluding steroid dienone is 4. The number of benzene rings is 5. The molecule has 0 saturated carbocycles. The van der Waals surface area contributed by atoms with Crippen LogP contribution in [0.5, 0.6) is 11.5 Å². The molecule has 190 valence electrons. The normalized spacial score (nSPS) is 16.2. The molecule has 0 N–H and O–H groups in total. The molecule has 0 aromatic heterocycles. The van der Waals surface area contributed by atoms with Crippen molar-refractivity contribution in [3.63, 3.8) is 0 Å². The molecular weight excluding hydrogens is 484 g/mol. The van der Waals surface area contributed by atoms with Gasteiger partial charge < -0.3 is 4.74 Å². The quantitative estimate of drug-likeness (QED) is 0.214. The number of para-hydroxylation sites is 2. The van der Waals surface area contributed by atoms with Crippen molar-refractivity contribution in [2.24, 2.45) is 0 Å². The van der Waals surface area contributed by atoms with Gasteiger partial charge in [-0.05, 0) is 76.6 Å². The standard InChI is InChI=1S/C39H28O/c1-4-11-31-32-13-10-12-30(29-24-22-28(23-25-29)27-20-18-26(3)19-21-27)38(32)39(33(31)5-2)34-14-6-8-16-36(34)40-37-17-9-7-15-35(37)39/h1,5-25H,2-3H3/b31-11-,33-5+. The van der Waals surface area contributed by atoms with Crippen LogP contribution in [0, 0.1) is 19.3 Å². The molecule has 0 amide bonds. The average molecular weight is 513 g/mol. The van der Waals surface area contributed by atoms with E-state index in [0.717, 1.165) is 33.8 Å². The minimum Gasteiger partial charge on any atom is -0.457 e. The molecule has 7 rings (SSSR count). The van der Waals surface area contributed by atoms with Crippen molar-refractivity contribution in [2.75, 3.05) is 0 Å². The Kier molecular flexibility index (Phi) is 5.58. The van der Waals surface area contributed by atoms with Crippen LogP contribution in [-0.4, -0.2) is 0 Å². The van der Waals surface area contributed by atoms with Crippen molar-refractivity contribution in [3.05, 3.63) is 161 Å². The lowest BCUT2D eigenvalue weighted by atomic mass is 9.64. The second-order valence-electron chi connectivity index (χ2n) is 10.4. The lowest BCUT2D eigenvalue weighted by Gasteiger charge is -2.40. The Balaban J connectivity index is 1.54. The first-order chi connectivity index (χ1) is 19.7. The summed E-state index contributed by atoms with van der Waals surface area (Å²) in [6, 6.07) is 41.1. The van der Waals surface area contributed by atoms with Crippen LogP contribution in [0.4, 0.5) is 0 Å². The van der Waals surface area contributed by atoms with Gasteiger partial charge in [-0.15, -0.1) is 6.42 Å². The van der Waals surface area contributed by atoms with Gasteiger partial charge in [0.1, 0.15) is 11.5 Å². The highest BCUT2D eigenvalue weighted by Gasteiger charge is 2.53. The van der Waals surface area contributed by atoms with Crippen LogP contribution in [0.1, 0.15) is 34.7 Å². The first kappa shape index (κ1) is 24.0. The smallest absolute Gasteiger partial charge is 0.132 e. The third-order valence-corrected chi connectivity index (χ3v) is 8.32. The summed E-state index contributed by atoms with van der Waals surface area (Å²) in [4.78, 5) is 0. The summed E-state index contributed by atoms with van der Waals surface area (Å²) in [5, 5.41) is 0. The Hall–Kier alpha value is -5.06. The fourth-order valence-electron chi connectivity index (χ4n) is 6.66. The number of hydrogen-bond acceptors (Lipinski definition) is 1. The van der Waals surface area contributed by atoms with Gasteiger partial charge in [0.05, 0.1) is 5.41 Å². The predicted octanol–water partition coefficient (Wildman–Crippen LogP) is 9.75. The van der Waals surface area contributed by atoms with E-state index in [0.29, 0.717) is 0 Å². The highest BCUT2D eigenvalue weighted by Crippen LogP contribution is 2.64. The zero-order valence-corrected chi connectivity index (χ0v) is 22.6. The molecule has 0 radical (unpaired) electrons. The highest BCUT2D eigenvalue weighted by atomic mass is 16.5. The molecule has 0 atom stereocenters.